The smallest absolute Gasteiger partial charge is 0.203 e. The fraction of sp³-hybridized carbons (Fsp3) is 0.231. The molecule has 0 saturated heterocycles. The number of nitrogens with two attached hydrogens (primary N) is 1. The maximum absolute atomic E-state index is 5.82. The monoisotopic (exact) mass is 261 g/mol. The third-order valence-electron chi connectivity index (χ3n) is 2.66. The third kappa shape index (κ3) is 2.37. The Morgan fingerprint density at radius 3 is 1.95 bits per heavy atom. The summed E-state index contributed by atoms with van der Waals surface area (Å²) in [6, 6.07) is 3.56. The summed E-state index contributed by atoms with van der Waals surface area (Å²) in [4.78, 5) is 8.23. The number of benzene rings is 1. The predicted octanol–water partition coefficient (Wildman–Crippen LogP) is 1.75. The van der Waals surface area contributed by atoms with Crippen LogP contribution in [0.25, 0.3) is 11.3 Å². The average Bonchev–Trinajstić information content (AvgIpc) is 2.46. The molecule has 1 aromatic heterocycles. The summed E-state index contributed by atoms with van der Waals surface area (Å²) in [6.07, 6.45) is 3.12. The summed E-state index contributed by atoms with van der Waals surface area (Å²) >= 11 is 0. The zero-order valence-electron chi connectivity index (χ0n) is 11.0. The predicted molar refractivity (Wildman–Crippen MR) is 71.5 cm³/mol. The van der Waals surface area contributed by atoms with Crippen molar-refractivity contribution >= 4 is 5.82 Å². The second kappa shape index (κ2) is 5.43. The topological polar surface area (TPSA) is 79.5 Å². The van der Waals surface area contributed by atoms with E-state index >= 15 is 0 Å². The molecule has 2 rings (SSSR count). The SMILES string of the molecule is COc1cc(-c2nccnc2N)cc(OC)c1OC. The summed E-state index contributed by atoms with van der Waals surface area (Å²) in [6.45, 7) is 0. The molecule has 100 valence electrons. The van der Waals surface area contributed by atoms with Crippen LogP contribution in [0.2, 0.25) is 0 Å². The van der Waals surface area contributed by atoms with Crippen molar-refractivity contribution in [1.82, 2.24) is 9.97 Å². The van der Waals surface area contributed by atoms with E-state index in [2.05, 4.69) is 9.97 Å². The highest BCUT2D eigenvalue weighted by molar-refractivity contribution is 5.74. The van der Waals surface area contributed by atoms with E-state index in [-0.39, 0.29) is 0 Å². The number of ether oxygens (including phenoxy) is 3. The van der Waals surface area contributed by atoms with E-state index in [1.165, 1.54) is 6.20 Å². The standard InChI is InChI=1S/C13H15N3O3/c1-17-9-6-8(7-10(18-2)12(9)19-3)11-13(14)16-5-4-15-11/h4-7H,1-3H3,(H2,14,16). The van der Waals surface area contributed by atoms with Gasteiger partial charge in [0.05, 0.1) is 21.3 Å². The maximum Gasteiger partial charge on any atom is 0.203 e. The van der Waals surface area contributed by atoms with Crippen LogP contribution in [0.5, 0.6) is 17.2 Å². The molecular weight excluding hydrogens is 246 g/mol. The Morgan fingerprint density at radius 1 is 0.895 bits per heavy atom. The highest BCUT2D eigenvalue weighted by Crippen LogP contribution is 2.41. The van der Waals surface area contributed by atoms with Gasteiger partial charge in [0.15, 0.2) is 11.5 Å². The van der Waals surface area contributed by atoms with Crippen molar-refractivity contribution in [3.63, 3.8) is 0 Å². The highest BCUT2D eigenvalue weighted by Gasteiger charge is 2.16. The molecule has 0 amide bonds. The Bertz CT molecular complexity index is 562. The van der Waals surface area contributed by atoms with E-state index in [1.807, 2.05) is 0 Å². The fourth-order valence-corrected chi connectivity index (χ4v) is 1.79. The van der Waals surface area contributed by atoms with Crippen LogP contribution in [0.1, 0.15) is 0 Å². The molecule has 2 aromatic rings. The first-order valence-electron chi connectivity index (χ1n) is 5.58. The Kier molecular flexibility index (Phi) is 3.70. The van der Waals surface area contributed by atoms with E-state index in [4.69, 9.17) is 19.9 Å². The van der Waals surface area contributed by atoms with Gasteiger partial charge >= 0.3 is 0 Å². The van der Waals surface area contributed by atoms with E-state index < -0.39 is 0 Å². The molecule has 0 aliphatic heterocycles. The number of rotatable bonds is 4. The molecule has 19 heavy (non-hydrogen) atoms. The van der Waals surface area contributed by atoms with Crippen LogP contribution in [0.3, 0.4) is 0 Å². The van der Waals surface area contributed by atoms with Gasteiger partial charge in [-0.15, -0.1) is 0 Å². The Morgan fingerprint density at radius 2 is 1.47 bits per heavy atom. The van der Waals surface area contributed by atoms with E-state index in [0.717, 1.165) is 5.56 Å². The molecule has 0 fully saturated rings. The molecule has 1 aromatic carbocycles. The van der Waals surface area contributed by atoms with Crippen LogP contribution in [0, 0.1) is 0 Å². The van der Waals surface area contributed by atoms with Gasteiger partial charge in [-0.1, -0.05) is 0 Å². The third-order valence-corrected chi connectivity index (χ3v) is 2.66. The second-order valence-electron chi connectivity index (χ2n) is 3.70. The maximum atomic E-state index is 5.82. The van der Waals surface area contributed by atoms with E-state index in [9.17, 15) is 0 Å². The zero-order valence-corrected chi connectivity index (χ0v) is 11.0. The van der Waals surface area contributed by atoms with Gasteiger partial charge in [-0.05, 0) is 12.1 Å². The molecule has 0 aliphatic rings. The van der Waals surface area contributed by atoms with Crippen molar-refractivity contribution in [3.8, 4) is 28.5 Å². The van der Waals surface area contributed by atoms with Crippen molar-refractivity contribution in [2.24, 2.45) is 0 Å². The van der Waals surface area contributed by atoms with E-state index in [0.29, 0.717) is 28.8 Å². The lowest BCUT2D eigenvalue weighted by atomic mass is 10.1. The van der Waals surface area contributed by atoms with Gasteiger partial charge in [0, 0.05) is 18.0 Å². The fourth-order valence-electron chi connectivity index (χ4n) is 1.79. The summed E-state index contributed by atoms with van der Waals surface area (Å²) in [7, 11) is 4.67. The number of hydrogen-bond donors (Lipinski definition) is 1. The van der Waals surface area contributed by atoms with Crippen LogP contribution in [-0.4, -0.2) is 31.3 Å². The lowest BCUT2D eigenvalue weighted by molar-refractivity contribution is 0.324. The van der Waals surface area contributed by atoms with Gasteiger partial charge in [0.1, 0.15) is 11.5 Å². The molecule has 0 spiro atoms. The van der Waals surface area contributed by atoms with Gasteiger partial charge in [-0.3, -0.25) is 4.98 Å². The first kappa shape index (κ1) is 12.9. The van der Waals surface area contributed by atoms with Crippen molar-refractivity contribution in [1.29, 1.82) is 0 Å². The summed E-state index contributed by atoms with van der Waals surface area (Å²) in [5.41, 5.74) is 7.14. The first-order valence-corrected chi connectivity index (χ1v) is 5.58. The Balaban J connectivity index is 2.63. The van der Waals surface area contributed by atoms with Crippen LogP contribution in [-0.2, 0) is 0 Å². The van der Waals surface area contributed by atoms with Gasteiger partial charge < -0.3 is 19.9 Å². The van der Waals surface area contributed by atoms with Crippen LogP contribution in [0.15, 0.2) is 24.5 Å². The van der Waals surface area contributed by atoms with Crippen molar-refractivity contribution in [3.05, 3.63) is 24.5 Å². The summed E-state index contributed by atoms with van der Waals surface area (Å²) < 4.78 is 15.8. The quantitative estimate of drug-likeness (QED) is 0.903. The summed E-state index contributed by atoms with van der Waals surface area (Å²) in [5.74, 6) is 1.96. The molecule has 2 N–H and O–H groups in total. The molecule has 0 aliphatic carbocycles. The lowest BCUT2D eigenvalue weighted by Crippen LogP contribution is -1.99. The first-order chi connectivity index (χ1) is 9.21. The van der Waals surface area contributed by atoms with Gasteiger partial charge in [0.2, 0.25) is 5.75 Å². The molecular formula is C13H15N3O3. The molecule has 6 heteroatoms. The lowest BCUT2D eigenvalue weighted by Gasteiger charge is -2.14. The van der Waals surface area contributed by atoms with Gasteiger partial charge in [0.25, 0.3) is 0 Å². The van der Waals surface area contributed by atoms with Gasteiger partial charge in [-0.25, -0.2) is 4.98 Å². The van der Waals surface area contributed by atoms with Crippen LogP contribution in [0.4, 0.5) is 5.82 Å². The minimum atomic E-state index is 0.344. The largest absolute Gasteiger partial charge is 0.493 e. The number of hydrogen-bond acceptors (Lipinski definition) is 6. The van der Waals surface area contributed by atoms with Crippen molar-refractivity contribution in [2.45, 2.75) is 0 Å². The normalized spacial score (nSPS) is 10.1. The van der Waals surface area contributed by atoms with Crippen LogP contribution >= 0.6 is 0 Å². The molecule has 0 atom stereocenters. The van der Waals surface area contributed by atoms with Crippen molar-refractivity contribution in [2.75, 3.05) is 27.1 Å². The molecule has 1 heterocycles. The second-order valence-corrected chi connectivity index (χ2v) is 3.70. The Hall–Kier alpha value is -2.50. The van der Waals surface area contributed by atoms with Crippen molar-refractivity contribution < 1.29 is 14.2 Å². The highest BCUT2D eigenvalue weighted by atomic mass is 16.5. The van der Waals surface area contributed by atoms with E-state index in [1.54, 1.807) is 39.7 Å². The molecule has 6 nitrogen and oxygen atoms in total. The number of anilines is 1. The number of methoxy groups -OCH3 is 3. The molecule has 0 saturated carbocycles. The van der Waals surface area contributed by atoms with Gasteiger partial charge in [-0.2, -0.15) is 0 Å². The zero-order chi connectivity index (χ0) is 13.8. The van der Waals surface area contributed by atoms with Crippen LogP contribution < -0.4 is 19.9 Å². The minimum Gasteiger partial charge on any atom is -0.493 e. The number of nitrogen functional groups attached to an aromatic ring is 1. The minimum absolute atomic E-state index is 0.344. The Labute approximate surface area is 111 Å². The number of nitrogens with zero attached hydrogens (tertiary/aromatic N) is 2. The summed E-state index contributed by atoms with van der Waals surface area (Å²) in [5, 5.41) is 0. The number of aromatic nitrogens is 2. The molecule has 0 bridgehead atoms. The average molecular weight is 261 g/mol. The molecule has 0 unspecified atom stereocenters. The molecule has 0 radical (unpaired) electrons.